The summed E-state index contributed by atoms with van der Waals surface area (Å²) in [5.41, 5.74) is 4.36. The number of fused-ring (bicyclic) bond motifs is 1. The van der Waals surface area contributed by atoms with Crippen LogP contribution in [-0.4, -0.2) is 5.91 Å². The van der Waals surface area contributed by atoms with Crippen molar-refractivity contribution in [3.8, 4) is 10.4 Å². The van der Waals surface area contributed by atoms with E-state index >= 15 is 0 Å². The standard InChI is InChI=1S/C19H15NOS/c1-13-7-5-6-10-15(13)20-16-11-17(14-8-3-2-4-9-14)22-18(16)12-19(20)21/h2-11H,12H2,1H3. The lowest BCUT2D eigenvalue weighted by molar-refractivity contribution is -0.116. The average Bonchev–Trinajstić information content (AvgIpc) is 3.06. The summed E-state index contributed by atoms with van der Waals surface area (Å²) in [7, 11) is 0. The van der Waals surface area contributed by atoms with Crippen molar-refractivity contribution in [3.05, 3.63) is 71.1 Å². The van der Waals surface area contributed by atoms with E-state index in [0.717, 1.165) is 21.8 Å². The maximum Gasteiger partial charge on any atom is 0.236 e. The zero-order valence-corrected chi connectivity index (χ0v) is 13.1. The number of aryl methyl sites for hydroxylation is 1. The molecule has 108 valence electrons. The first-order valence-electron chi connectivity index (χ1n) is 7.31. The molecule has 0 spiro atoms. The Balaban J connectivity index is 1.81. The number of benzene rings is 2. The number of para-hydroxylation sites is 1. The van der Waals surface area contributed by atoms with Crippen LogP contribution in [0.5, 0.6) is 0 Å². The van der Waals surface area contributed by atoms with Crippen LogP contribution in [0.25, 0.3) is 10.4 Å². The minimum Gasteiger partial charge on any atom is -0.279 e. The van der Waals surface area contributed by atoms with Gasteiger partial charge in [-0.25, -0.2) is 0 Å². The lowest BCUT2D eigenvalue weighted by Crippen LogP contribution is -2.21. The van der Waals surface area contributed by atoms with Crippen LogP contribution < -0.4 is 4.90 Å². The molecule has 1 aromatic heterocycles. The third-order valence-electron chi connectivity index (χ3n) is 4.00. The predicted molar refractivity (Wildman–Crippen MR) is 91.8 cm³/mol. The van der Waals surface area contributed by atoms with Gasteiger partial charge in [0.15, 0.2) is 0 Å². The minimum atomic E-state index is 0.162. The summed E-state index contributed by atoms with van der Waals surface area (Å²) in [6, 6.07) is 20.5. The van der Waals surface area contributed by atoms with Crippen LogP contribution in [0.3, 0.4) is 0 Å². The summed E-state index contributed by atoms with van der Waals surface area (Å²) in [6.45, 7) is 2.05. The molecule has 1 aliphatic heterocycles. The average molecular weight is 305 g/mol. The third kappa shape index (κ3) is 2.06. The number of carbonyl (C=O) groups is 1. The monoisotopic (exact) mass is 305 g/mol. The van der Waals surface area contributed by atoms with E-state index in [2.05, 4.69) is 18.2 Å². The van der Waals surface area contributed by atoms with Crippen molar-refractivity contribution < 1.29 is 4.79 Å². The molecule has 3 aromatic rings. The molecular formula is C19H15NOS. The van der Waals surface area contributed by atoms with Crippen molar-refractivity contribution in [2.45, 2.75) is 13.3 Å². The van der Waals surface area contributed by atoms with Gasteiger partial charge in [0.2, 0.25) is 5.91 Å². The third-order valence-corrected chi connectivity index (χ3v) is 5.18. The Labute approximate surface area is 133 Å². The van der Waals surface area contributed by atoms with Crippen molar-refractivity contribution in [2.24, 2.45) is 0 Å². The van der Waals surface area contributed by atoms with E-state index in [0.29, 0.717) is 6.42 Å². The second-order valence-electron chi connectivity index (χ2n) is 5.48. The molecule has 1 aliphatic rings. The van der Waals surface area contributed by atoms with E-state index in [1.807, 2.05) is 54.3 Å². The van der Waals surface area contributed by atoms with Crippen LogP contribution in [-0.2, 0) is 11.2 Å². The van der Waals surface area contributed by atoms with Gasteiger partial charge in [0, 0.05) is 9.75 Å². The lowest BCUT2D eigenvalue weighted by atomic mass is 10.1. The van der Waals surface area contributed by atoms with Gasteiger partial charge in [-0.2, -0.15) is 0 Å². The summed E-state index contributed by atoms with van der Waals surface area (Å²) in [6.07, 6.45) is 0.501. The quantitative estimate of drug-likeness (QED) is 0.656. The van der Waals surface area contributed by atoms with Crippen molar-refractivity contribution in [3.63, 3.8) is 0 Å². The number of amides is 1. The summed E-state index contributed by atoms with van der Waals surface area (Å²) >= 11 is 1.72. The van der Waals surface area contributed by atoms with Crippen LogP contribution in [0.1, 0.15) is 10.4 Å². The number of nitrogens with zero attached hydrogens (tertiary/aromatic N) is 1. The summed E-state index contributed by atoms with van der Waals surface area (Å²) in [5.74, 6) is 0.162. The molecule has 2 nitrogen and oxygen atoms in total. The highest BCUT2D eigenvalue weighted by Gasteiger charge is 2.31. The summed E-state index contributed by atoms with van der Waals surface area (Å²) in [5, 5.41) is 0. The molecule has 0 aliphatic carbocycles. The van der Waals surface area contributed by atoms with E-state index in [1.54, 1.807) is 11.3 Å². The van der Waals surface area contributed by atoms with E-state index in [-0.39, 0.29) is 5.91 Å². The fraction of sp³-hybridized carbons (Fsp3) is 0.105. The zero-order chi connectivity index (χ0) is 15.1. The number of rotatable bonds is 2. The fourth-order valence-corrected chi connectivity index (χ4v) is 4.05. The van der Waals surface area contributed by atoms with Crippen LogP contribution in [0.4, 0.5) is 11.4 Å². The first-order chi connectivity index (χ1) is 10.7. The molecule has 0 atom stereocenters. The summed E-state index contributed by atoms with van der Waals surface area (Å²) in [4.78, 5) is 16.7. The van der Waals surface area contributed by atoms with Gasteiger partial charge >= 0.3 is 0 Å². The highest BCUT2D eigenvalue weighted by Crippen LogP contribution is 2.44. The normalized spacial score (nSPS) is 13.5. The molecule has 4 rings (SSSR count). The van der Waals surface area contributed by atoms with Gasteiger partial charge in [-0.3, -0.25) is 9.69 Å². The Kier molecular flexibility index (Phi) is 3.09. The number of anilines is 2. The van der Waals surface area contributed by atoms with Crippen LogP contribution in [0, 0.1) is 6.92 Å². The number of hydrogen-bond donors (Lipinski definition) is 0. The molecule has 0 N–H and O–H groups in total. The maximum absolute atomic E-state index is 12.4. The molecule has 2 heterocycles. The molecule has 0 saturated heterocycles. The molecule has 0 radical (unpaired) electrons. The molecule has 2 aromatic carbocycles. The molecule has 0 bridgehead atoms. The van der Waals surface area contributed by atoms with Crippen molar-refractivity contribution in [1.82, 2.24) is 0 Å². The van der Waals surface area contributed by atoms with E-state index in [1.165, 1.54) is 10.4 Å². The minimum absolute atomic E-state index is 0.162. The van der Waals surface area contributed by atoms with E-state index in [9.17, 15) is 4.79 Å². The zero-order valence-electron chi connectivity index (χ0n) is 12.2. The van der Waals surface area contributed by atoms with Gasteiger partial charge in [0.05, 0.1) is 17.8 Å². The van der Waals surface area contributed by atoms with E-state index < -0.39 is 0 Å². The van der Waals surface area contributed by atoms with Crippen LogP contribution >= 0.6 is 11.3 Å². The summed E-state index contributed by atoms with van der Waals surface area (Å²) < 4.78 is 0. The Morgan fingerprint density at radius 1 is 0.955 bits per heavy atom. The van der Waals surface area contributed by atoms with Crippen molar-refractivity contribution in [1.29, 1.82) is 0 Å². The molecule has 1 amide bonds. The SMILES string of the molecule is Cc1ccccc1N1C(=O)Cc2sc(-c3ccccc3)cc21. The van der Waals surface area contributed by atoms with E-state index in [4.69, 9.17) is 0 Å². The van der Waals surface area contributed by atoms with Gasteiger partial charge in [-0.15, -0.1) is 11.3 Å². The van der Waals surface area contributed by atoms with Gasteiger partial charge in [0.25, 0.3) is 0 Å². The smallest absolute Gasteiger partial charge is 0.236 e. The number of thiophene rings is 1. The molecule has 0 saturated carbocycles. The highest BCUT2D eigenvalue weighted by molar-refractivity contribution is 7.16. The molecule has 0 unspecified atom stereocenters. The Morgan fingerprint density at radius 3 is 2.45 bits per heavy atom. The van der Waals surface area contributed by atoms with Gasteiger partial charge in [0.1, 0.15) is 0 Å². The first kappa shape index (κ1) is 13.3. The molecule has 3 heteroatoms. The largest absolute Gasteiger partial charge is 0.279 e. The number of carbonyl (C=O) groups excluding carboxylic acids is 1. The molecular weight excluding hydrogens is 290 g/mol. The first-order valence-corrected chi connectivity index (χ1v) is 8.12. The predicted octanol–water partition coefficient (Wildman–Crippen LogP) is 4.94. The van der Waals surface area contributed by atoms with Crippen molar-refractivity contribution in [2.75, 3.05) is 4.90 Å². The second-order valence-corrected chi connectivity index (χ2v) is 6.61. The second kappa shape index (κ2) is 5.11. The fourth-order valence-electron chi connectivity index (χ4n) is 2.91. The van der Waals surface area contributed by atoms with Gasteiger partial charge in [-0.1, -0.05) is 48.5 Å². The number of hydrogen-bond acceptors (Lipinski definition) is 2. The van der Waals surface area contributed by atoms with Gasteiger partial charge in [-0.05, 0) is 30.2 Å². The Hall–Kier alpha value is -2.39. The highest BCUT2D eigenvalue weighted by atomic mass is 32.1. The molecule has 0 fully saturated rings. The lowest BCUT2D eigenvalue weighted by Gasteiger charge is -2.18. The molecule has 22 heavy (non-hydrogen) atoms. The van der Waals surface area contributed by atoms with Crippen LogP contribution in [0.15, 0.2) is 60.7 Å². The van der Waals surface area contributed by atoms with Crippen LogP contribution in [0.2, 0.25) is 0 Å². The topological polar surface area (TPSA) is 20.3 Å². The Bertz CT molecular complexity index is 851. The van der Waals surface area contributed by atoms with Gasteiger partial charge < -0.3 is 0 Å². The Morgan fingerprint density at radius 2 is 1.68 bits per heavy atom. The maximum atomic E-state index is 12.4. The van der Waals surface area contributed by atoms with Crippen molar-refractivity contribution >= 4 is 28.6 Å².